The molecule has 0 unspecified atom stereocenters. The number of hydrogen-bond donors (Lipinski definition) is 4. The summed E-state index contributed by atoms with van der Waals surface area (Å²) in [5.74, 6) is -0.545. The number of carbonyl (C=O) groups is 1. The Morgan fingerprint density at radius 2 is 2.04 bits per heavy atom. The molecule has 0 aliphatic carbocycles. The Morgan fingerprint density at radius 3 is 2.84 bits per heavy atom. The Kier molecular flexibility index (Phi) is 5.56. The lowest BCUT2D eigenvalue weighted by molar-refractivity contribution is -0.124. The summed E-state index contributed by atoms with van der Waals surface area (Å²) >= 11 is 0. The zero-order chi connectivity index (χ0) is 17.5. The van der Waals surface area contributed by atoms with E-state index in [1.165, 1.54) is 11.5 Å². The maximum absolute atomic E-state index is 10.9. The third-order valence-corrected chi connectivity index (χ3v) is 3.95. The van der Waals surface area contributed by atoms with Crippen LogP contribution in [0.1, 0.15) is 16.8 Å². The van der Waals surface area contributed by atoms with Crippen LogP contribution in [-0.4, -0.2) is 27.6 Å². The number of amides is 1. The summed E-state index contributed by atoms with van der Waals surface area (Å²) in [4.78, 5) is 18.6. The second kappa shape index (κ2) is 8.23. The van der Waals surface area contributed by atoms with Crippen molar-refractivity contribution in [3.05, 3.63) is 71.7 Å². The van der Waals surface area contributed by atoms with Gasteiger partial charge in [0.1, 0.15) is 0 Å². The molecule has 0 atom stereocenters. The van der Waals surface area contributed by atoms with Crippen molar-refractivity contribution in [1.29, 1.82) is 0 Å². The van der Waals surface area contributed by atoms with Crippen LogP contribution in [0.4, 0.5) is 0 Å². The van der Waals surface area contributed by atoms with E-state index in [1.54, 1.807) is 11.6 Å². The number of carbonyl (C=O) groups excluding carboxylic acids is 1. The van der Waals surface area contributed by atoms with Gasteiger partial charge in [-0.25, -0.2) is 5.48 Å². The lowest BCUT2D eigenvalue weighted by Gasteiger charge is -2.06. The van der Waals surface area contributed by atoms with Gasteiger partial charge in [-0.1, -0.05) is 24.3 Å². The summed E-state index contributed by atoms with van der Waals surface area (Å²) in [6.45, 7) is 1.61. The van der Waals surface area contributed by atoms with Gasteiger partial charge < -0.3 is 10.3 Å². The van der Waals surface area contributed by atoms with Crippen LogP contribution in [0.25, 0.3) is 17.0 Å². The van der Waals surface area contributed by atoms with Crippen LogP contribution < -0.4 is 10.8 Å². The van der Waals surface area contributed by atoms with Gasteiger partial charge in [0.2, 0.25) is 0 Å². The molecule has 6 heteroatoms. The van der Waals surface area contributed by atoms with Gasteiger partial charge in [-0.2, -0.15) is 0 Å². The maximum atomic E-state index is 10.9. The number of hydroxylamine groups is 1. The number of aromatic nitrogens is 2. The molecule has 0 saturated carbocycles. The first-order valence-electron chi connectivity index (χ1n) is 8.09. The smallest absolute Gasteiger partial charge is 0.267 e. The number of fused-ring (bicyclic) bond motifs is 1. The highest BCUT2D eigenvalue weighted by atomic mass is 16.5. The molecular formula is C19H20N4O2. The highest BCUT2D eigenvalue weighted by Gasteiger charge is 2.02. The summed E-state index contributed by atoms with van der Waals surface area (Å²) in [6.07, 6.45) is 7.56. The maximum Gasteiger partial charge on any atom is 0.267 e. The Hall–Kier alpha value is -2.96. The minimum Gasteiger partial charge on any atom is -0.361 e. The lowest BCUT2D eigenvalue weighted by atomic mass is 10.1. The van der Waals surface area contributed by atoms with Crippen molar-refractivity contribution in [2.75, 3.05) is 6.54 Å². The molecule has 3 aromatic rings. The predicted molar refractivity (Wildman–Crippen MR) is 96.9 cm³/mol. The summed E-state index contributed by atoms with van der Waals surface area (Å²) < 4.78 is 0. The summed E-state index contributed by atoms with van der Waals surface area (Å²) in [6, 6.07) is 11.9. The van der Waals surface area contributed by atoms with Gasteiger partial charge in [0.15, 0.2) is 0 Å². The van der Waals surface area contributed by atoms with E-state index in [1.807, 2.05) is 42.7 Å². The molecule has 1 amide bonds. The summed E-state index contributed by atoms with van der Waals surface area (Å²) in [5.41, 5.74) is 5.83. The molecule has 3 rings (SSSR count). The number of nitrogens with one attached hydrogen (secondary N) is 3. The van der Waals surface area contributed by atoms with Gasteiger partial charge in [0, 0.05) is 48.9 Å². The van der Waals surface area contributed by atoms with Crippen LogP contribution >= 0.6 is 0 Å². The Morgan fingerprint density at radius 1 is 1.20 bits per heavy atom. The monoisotopic (exact) mass is 336 g/mol. The molecule has 4 N–H and O–H groups in total. The largest absolute Gasteiger partial charge is 0.361 e. The average molecular weight is 336 g/mol. The van der Waals surface area contributed by atoms with Crippen LogP contribution in [0.5, 0.6) is 0 Å². The van der Waals surface area contributed by atoms with Gasteiger partial charge in [0.05, 0.1) is 5.69 Å². The molecule has 25 heavy (non-hydrogen) atoms. The number of hydrogen-bond acceptors (Lipinski definition) is 4. The zero-order valence-corrected chi connectivity index (χ0v) is 13.7. The molecule has 128 valence electrons. The number of nitrogens with zero attached hydrogens (tertiary/aromatic N) is 1. The fourth-order valence-electron chi connectivity index (χ4n) is 2.64. The van der Waals surface area contributed by atoms with E-state index >= 15 is 0 Å². The van der Waals surface area contributed by atoms with Crippen molar-refractivity contribution in [2.45, 2.75) is 13.0 Å². The van der Waals surface area contributed by atoms with Crippen molar-refractivity contribution in [2.24, 2.45) is 0 Å². The van der Waals surface area contributed by atoms with Crippen LogP contribution in [0, 0.1) is 0 Å². The van der Waals surface area contributed by atoms with Gasteiger partial charge in [0.25, 0.3) is 5.91 Å². The van der Waals surface area contributed by atoms with Crippen molar-refractivity contribution in [3.8, 4) is 0 Å². The quantitative estimate of drug-likeness (QED) is 0.231. The minimum absolute atomic E-state index is 0.545. The lowest BCUT2D eigenvalue weighted by Crippen LogP contribution is -2.17. The number of H-pyrrole nitrogens is 1. The van der Waals surface area contributed by atoms with E-state index in [0.29, 0.717) is 0 Å². The van der Waals surface area contributed by atoms with E-state index in [4.69, 9.17) is 5.21 Å². The van der Waals surface area contributed by atoms with E-state index in [-0.39, 0.29) is 0 Å². The molecule has 0 saturated heterocycles. The van der Waals surface area contributed by atoms with Gasteiger partial charge >= 0.3 is 0 Å². The first-order valence-corrected chi connectivity index (χ1v) is 8.09. The molecule has 0 radical (unpaired) electrons. The minimum atomic E-state index is -0.545. The molecule has 6 nitrogen and oxygen atoms in total. The van der Waals surface area contributed by atoms with Crippen molar-refractivity contribution < 1.29 is 10.0 Å². The van der Waals surface area contributed by atoms with Crippen LogP contribution in [0.2, 0.25) is 0 Å². The molecule has 0 bridgehead atoms. The second-order valence-corrected chi connectivity index (χ2v) is 5.67. The van der Waals surface area contributed by atoms with Crippen LogP contribution in [-0.2, 0) is 17.8 Å². The SMILES string of the molecule is O=C(/C=C/c1ccc(CNCCc2nccc3[nH]ccc23)cc1)NO. The molecule has 0 fully saturated rings. The van der Waals surface area contributed by atoms with E-state index in [2.05, 4.69) is 21.4 Å². The normalized spacial score (nSPS) is 11.2. The van der Waals surface area contributed by atoms with Gasteiger partial charge in [-0.3, -0.25) is 15.0 Å². The summed E-state index contributed by atoms with van der Waals surface area (Å²) in [5, 5.41) is 13.0. The number of rotatable bonds is 7. The zero-order valence-electron chi connectivity index (χ0n) is 13.7. The standard InChI is InChI=1S/C19H20N4O2/c24-19(23-25)6-5-14-1-3-15(4-2-14)13-20-10-8-17-16-7-11-21-18(16)9-12-22-17/h1-7,9,11-12,20-21,25H,8,10,13H2,(H,23,24)/b6-5+. The number of aromatic amines is 1. The fourth-order valence-corrected chi connectivity index (χ4v) is 2.64. The van der Waals surface area contributed by atoms with E-state index in [9.17, 15) is 4.79 Å². The highest BCUT2D eigenvalue weighted by molar-refractivity contribution is 5.90. The second-order valence-electron chi connectivity index (χ2n) is 5.67. The topological polar surface area (TPSA) is 90.0 Å². The highest BCUT2D eigenvalue weighted by Crippen LogP contribution is 2.15. The Bertz CT molecular complexity index is 869. The van der Waals surface area contributed by atoms with Crippen molar-refractivity contribution in [1.82, 2.24) is 20.8 Å². The third kappa shape index (κ3) is 4.53. The van der Waals surface area contributed by atoms with E-state index in [0.717, 1.165) is 41.8 Å². The van der Waals surface area contributed by atoms with Crippen molar-refractivity contribution >= 4 is 22.9 Å². The third-order valence-electron chi connectivity index (χ3n) is 3.95. The van der Waals surface area contributed by atoms with Gasteiger partial charge in [-0.15, -0.1) is 0 Å². The molecule has 2 heterocycles. The molecule has 0 spiro atoms. The average Bonchev–Trinajstić information content (AvgIpc) is 3.13. The van der Waals surface area contributed by atoms with E-state index < -0.39 is 5.91 Å². The molecular weight excluding hydrogens is 316 g/mol. The Labute approximate surface area is 145 Å². The first-order chi connectivity index (χ1) is 12.3. The molecule has 2 aromatic heterocycles. The fraction of sp³-hybridized carbons (Fsp3) is 0.158. The summed E-state index contributed by atoms with van der Waals surface area (Å²) in [7, 11) is 0. The van der Waals surface area contributed by atoms with Crippen LogP contribution in [0.3, 0.4) is 0 Å². The Balaban J connectivity index is 1.48. The molecule has 1 aromatic carbocycles. The molecule has 0 aliphatic heterocycles. The predicted octanol–water partition coefficient (Wildman–Crippen LogP) is 2.41. The van der Waals surface area contributed by atoms with Crippen molar-refractivity contribution in [3.63, 3.8) is 0 Å². The molecule has 0 aliphatic rings. The first kappa shape index (κ1) is 16.9. The number of pyridine rings is 1. The van der Waals surface area contributed by atoms with Gasteiger partial charge in [-0.05, 0) is 29.3 Å². The number of benzene rings is 1. The van der Waals surface area contributed by atoms with Crippen LogP contribution in [0.15, 0.2) is 54.9 Å².